The maximum atomic E-state index is 12.7. The zero-order chi connectivity index (χ0) is 15.2. The first-order chi connectivity index (χ1) is 10.1. The Morgan fingerprint density at radius 3 is 2.71 bits per heavy atom. The summed E-state index contributed by atoms with van der Waals surface area (Å²) in [7, 11) is 3.98. The van der Waals surface area contributed by atoms with E-state index in [-0.39, 0.29) is 5.91 Å². The van der Waals surface area contributed by atoms with Crippen LogP contribution in [0.25, 0.3) is 0 Å². The Bertz CT molecular complexity index is 582. The van der Waals surface area contributed by atoms with Crippen LogP contribution < -0.4 is 5.73 Å². The summed E-state index contributed by atoms with van der Waals surface area (Å²) in [6.07, 6.45) is 3.51. The van der Waals surface area contributed by atoms with E-state index < -0.39 is 0 Å². The largest absolute Gasteiger partial charge is 0.397 e. The van der Waals surface area contributed by atoms with Gasteiger partial charge in [-0.2, -0.15) is 0 Å². The van der Waals surface area contributed by atoms with Gasteiger partial charge in [0, 0.05) is 32.0 Å². The summed E-state index contributed by atoms with van der Waals surface area (Å²) in [6, 6.07) is 5.62. The van der Waals surface area contributed by atoms with Gasteiger partial charge in [-0.15, -0.1) is 11.3 Å². The lowest BCUT2D eigenvalue weighted by molar-refractivity contribution is 0.0737. The molecule has 2 aromatic heterocycles. The second-order valence-corrected chi connectivity index (χ2v) is 6.01. The highest BCUT2D eigenvalue weighted by atomic mass is 32.1. The lowest BCUT2D eigenvalue weighted by Crippen LogP contribution is -2.36. The number of thiophene rings is 1. The molecular weight excluding hydrogens is 284 g/mol. The Kier molecular flexibility index (Phi) is 5.30. The van der Waals surface area contributed by atoms with Crippen molar-refractivity contribution in [1.82, 2.24) is 14.8 Å². The number of nitrogen functional groups attached to an aromatic ring is 1. The van der Waals surface area contributed by atoms with Crippen molar-refractivity contribution < 1.29 is 4.79 Å². The second kappa shape index (κ2) is 7.19. The molecule has 0 unspecified atom stereocenters. The van der Waals surface area contributed by atoms with Gasteiger partial charge < -0.3 is 15.5 Å². The van der Waals surface area contributed by atoms with Gasteiger partial charge in [0.1, 0.15) is 4.88 Å². The van der Waals surface area contributed by atoms with E-state index in [0.29, 0.717) is 23.7 Å². The van der Waals surface area contributed by atoms with Crippen LogP contribution >= 0.6 is 11.3 Å². The topological polar surface area (TPSA) is 62.5 Å². The monoisotopic (exact) mass is 304 g/mol. The van der Waals surface area contributed by atoms with Crippen LogP contribution in [-0.2, 0) is 6.54 Å². The van der Waals surface area contributed by atoms with E-state index in [9.17, 15) is 4.79 Å². The van der Waals surface area contributed by atoms with Gasteiger partial charge in [-0.25, -0.2) is 0 Å². The zero-order valence-electron chi connectivity index (χ0n) is 12.3. The number of aromatic nitrogens is 1. The summed E-state index contributed by atoms with van der Waals surface area (Å²) < 4.78 is 0. The number of carbonyl (C=O) groups excluding carboxylic acids is 1. The lowest BCUT2D eigenvalue weighted by Gasteiger charge is -2.24. The fraction of sp³-hybridized carbons (Fsp3) is 0.333. The third-order valence-electron chi connectivity index (χ3n) is 3.09. The molecule has 0 fully saturated rings. The van der Waals surface area contributed by atoms with Crippen LogP contribution in [0.1, 0.15) is 15.2 Å². The predicted molar refractivity (Wildman–Crippen MR) is 86.3 cm³/mol. The Morgan fingerprint density at radius 2 is 2.14 bits per heavy atom. The van der Waals surface area contributed by atoms with Crippen LogP contribution in [0.4, 0.5) is 5.69 Å². The average molecular weight is 304 g/mol. The van der Waals surface area contributed by atoms with Crippen molar-refractivity contribution in [2.45, 2.75) is 6.54 Å². The first-order valence-electron chi connectivity index (χ1n) is 6.74. The van der Waals surface area contributed by atoms with Gasteiger partial charge in [-0.05, 0) is 37.2 Å². The number of nitrogens with two attached hydrogens (primary N) is 1. The molecule has 21 heavy (non-hydrogen) atoms. The summed E-state index contributed by atoms with van der Waals surface area (Å²) in [5.41, 5.74) is 7.43. The van der Waals surface area contributed by atoms with Crippen molar-refractivity contribution >= 4 is 22.9 Å². The number of hydrogen-bond donors (Lipinski definition) is 1. The molecule has 6 heteroatoms. The average Bonchev–Trinajstić information content (AvgIpc) is 2.90. The van der Waals surface area contributed by atoms with E-state index >= 15 is 0 Å². The van der Waals surface area contributed by atoms with Crippen molar-refractivity contribution in [3.8, 4) is 0 Å². The summed E-state index contributed by atoms with van der Waals surface area (Å²) in [5.74, 6) is -0.0202. The minimum Gasteiger partial charge on any atom is -0.397 e. The molecule has 1 amide bonds. The van der Waals surface area contributed by atoms with Gasteiger partial charge in [0.25, 0.3) is 5.91 Å². The molecule has 2 aromatic rings. The van der Waals surface area contributed by atoms with Crippen molar-refractivity contribution in [2.24, 2.45) is 0 Å². The predicted octanol–water partition coefficient (Wildman–Crippen LogP) is 1.93. The third-order valence-corrected chi connectivity index (χ3v) is 4.01. The van der Waals surface area contributed by atoms with Gasteiger partial charge in [0.2, 0.25) is 0 Å². The third kappa shape index (κ3) is 4.27. The van der Waals surface area contributed by atoms with Gasteiger partial charge in [-0.1, -0.05) is 6.07 Å². The summed E-state index contributed by atoms with van der Waals surface area (Å²) in [5, 5.41) is 1.84. The van der Waals surface area contributed by atoms with E-state index in [4.69, 9.17) is 5.73 Å². The minimum absolute atomic E-state index is 0.0202. The van der Waals surface area contributed by atoms with Crippen LogP contribution in [0.3, 0.4) is 0 Å². The molecule has 0 aliphatic carbocycles. The standard InChI is InChI=1S/C15H20N4OS/c1-18(2)7-8-19(11-12-4-3-6-17-10-12)15(20)14-13(16)5-9-21-14/h3-6,9-10H,7-8,11,16H2,1-2H3. The fourth-order valence-corrected chi connectivity index (χ4v) is 2.71. The van der Waals surface area contributed by atoms with Crippen LogP contribution in [-0.4, -0.2) is 47.9 Å². The van der Waals surface area contributed by atoms with Crippen molar-refractivity contribution in [1.29, 1.82) is 0 Å². The number of anilines is 1. The van der Waals surface area contributed by atoms with E-state index in [1.165, 1.54) is 11.3 Å². The molecular formula is C15H20N4OS. The highest BCUT2D eigenvalue weighted by Crippen LogP contribution is 2.21. The highest BCUT2D eigenvalue weighted by Gasteiger charge is 2.19. The molecule has 112 valence electrons. The van der Waals surface area contributed by atoms with Crippen LogP contribution in [0.5, 0.6) is 0 Å². The molecule has 2 heterocycles. The maximum Gasteiger partial charge on any atom is 0.266 e. The van der Waals surface area contributed by atoms with Crippen LogP contribution in [0, 0.1) is 0 Å². The maximum absolute atomic E-state index is 12.7. The molecule has 5 nitrogen and oxygen atoms in total. The van der Waals surface area contributed by atoms with E-state index in [0.717, 1.165) is 12.1 Å². The first kappa shape index (κ1) is 15.5. The number of amides is 1. The highest BCUT2D eigenvalue weighted by molar-refractivity contribution is 7.12. The number of likely N-dealkylation sites (N-methyl/N-ethyl adjacent to an activating group) is 1. The zero-order valence-corrected chi connectivity index (χ0v) is 13.1. The summed E-state index contributed by atoms with van der Waals surface area (Å²) in [6.45, 7) is 1.99. The molecule has 0 aromatic carbocycles. The van der Waals surface area contributed by atoms with Crippen molar-refractivity contribution in [3.63, 3.8) is 0 Å². The van der Waals surface area contributed by atoms with E-state index in [2.05, 4.69) is 9.88 Å². The lowest BCUT2D eigenvalue weighted by atomic mass is 10.2. The quantitative estimate of drug-likeness (QED) is 0.886. The number of carbonyl (C=O) groups is 1. The summed E-state index contributed by atoms with van der Waals surface area (Å²) >= 11 is 1.39. The van der Waals surface area contributed by atoms with Crippen molar-refractivity contribution in [3.05, 3.63) is 46.4 Å². The number of nitrogens with zero attached hydrogens (tertiary/aromatic N) is 3. The molecule has 0 radical (unpaired) electrons. The van der Waals surface area contributed by atoms with Gasteiger partial charge in [0.05, 0.1) is 5.69 Å². The second-order valence-electron chi connectivity index (χ2n) is 5.10. The molecule has 2 rings (SSSR count). The van der Waals surface area contributed by atoms with Crippen molar-refractivity contribution in [2.75, 3.05) is 32.9 Å². The molecule has 0 bridgehead atoms. The molecule has 0 spiro atoms. The molecule has 0 aliphatic heterocycles. The smallest absolute Gasteiger partial charge is 0.266 e. The van der Waals surface area contributed by atoms with Gasteiger partial charge in [-0.3, -0.25) is 9.78 Å². The minimum atomic E-state index is -0.0202. The van der Waals surface area contributed by atoms with Gasteiger partial charge in [0.15, 0.2) is 0 Å². The Morgan fingerprint density at radius 1 is 1.33 bits per heavy atom. The van der Waals surface area contributed by atoms with E-state index in [1.54, 1.807) is 18.5 Å². The van der Waals surface area contributed by atoms with Crippen LogP contribution in [0.15, 0.2) is 36.0 Å². The Hall–Kier alpha value is -1.92. The van der Waals surface area contributed by atoms with Crippen LogP contribution in [0.2, 0.25) is 0 Å². The Labute approximate surface area is 129 Å². The summed E-state index contributed by atoms with van der Waals surface area (Å²) in [4.78, 5) is 21.2. The molecule has 0 saturated carbocycles. The number of rotatable bonds is 6. The molecule has 0 aliphatic rings. The van der Waals surface area contributed by atoms with Gasteiger partial charge >= 0.3 is 0 Å². The first-order valence-corrected chi connectivity index (χ1v) is 7.61. The SMILES string of the molecule is CN(C)CCN(Cc1cccnc1)C(=O)c1sccc1N. The fourth-order valence-electron chi connectivity index (χ4n) is 1.92. The molecule has 0 atom stereocenters. The molecule has 2 N–H and O–H groups in total. The Balaban J connectivity index is 2.15. The van der Waals surface area contributed by atoms with E-state index in [1.807, 2.05) is 36.5 Å². The number of pyridine rings is 1. The normalized spacial score (nSPS) is 10.8. The molecule has 0 saturated heterocycles. The number of hydrogen-bond acceptors (Lipinski definition) is 5.